The van der Waals surface area contributed by atoms with E-state index in [0.717, 1.165) is 25.2 Å². The molecule has 0 radical (unpaired) electrons. The Balaban J connectivity index is 0.00000176. The molecule has 0 saturated carbocycles. The summed E-state index contributed by atoms with van der Waals surface area (Å²) in [6, 6.07) is 21.0. The maximum absolute atomic E-state index is 8.86. The quantitative estimate of drug-likeness (QED) is 0.842. The van der Waals surface area contributed by atoms with Crippen molar-refractivity contribution in [2.24, 2.45) is 0 Å². The summed E-state index contributed by atoms with van der Waals surface area (Å²) in [6.45, 7) is 3.36. The van der Waals surface area contributed by atoms with E-state index in [9.17, 15) is 0 Å². The van der Waals surface area contributed by atoms with E-state index < -0.39 is 0 Å². The van der Waals surface area contributed by atoms with E-state index in [-0.39, 0.29) is 12.4 Å². The van der Waals surface area contributed by atoms with Crippen LogP contribution in [0.1, 0.15) is 35.4 Å². The Morgan fingerprint density at radius 2 is 1.59 bits per heavy atom. The summed E-state index contributed by atoms with van der Waals surface area (Å²) in [7, 11) is 0. The van der Waals surface area contributed by atoms with Gasteiger partial charge in [-0.3, -0.25) is 4.90 Å². The monoisotopic (exact) mass is 312 g/mol. The Morgan fingerprint density at radius 3 is 2.18 bits per heavy atom. The van der Waals surface area contributed by atoms with Crippen LogP contribution in [0.4, 0.5) is 0 Å². The van der Waals surface area contributed by atoms with Crippen LogP contribution in [0.25, 0.3) is 0 Å². The molecular weight excluding hydrogens is 292 g/mol. The van der Waals surface area contributed by atoms with Crippen molar-refractivity contribution in [3.63, 3.8) is 0 Å². The second kappa shape index (κ2) is 7.98. The topological polar surface area (TPSA) is 27.0 Å². The largest absolute Gasteiger partial charge is 0.299 e. The molecule has 2 aromatic carbocycles. The lowest BCUT2D eigenvalue weighted by Gasteiger charge is -2.32. The first-order valence-electron chi connectivity index (χ1n) is 7.61. The first-order valence-corrected chi connectivity index (χ1v) is 7.61. The van der Waals surface area contributed by atoms with Crippen molar-refractivity contribution in [2.75, 3.05) is 13.1 Å². The minimum Gasteiger partial charge on any atom is -0.299 e. The lowest BCUT2D eigenvalue weighted by atomic mass is 9.89. The number of nitrogens with zero attached hydrogens (tertiary/aromatic N) is 2. The summed E-state index contributed by atoms with van der Waals surface area (Å²) < 4.78 is 0. The van der Waals surface area contributed by atoms with Crippen molar-refractivity contribution < 1.29 is 0 Å². The molecule has 2 nitrogen and oxygen atoms in total. The summed E-state index contributed by atoms with van der Waals surface area (Å²) in [5, 5.41) is 8.86. The van der Waals surface area contributed by atoms with Crippen LogP contribution in [-0.4, -0.2) is 18.0 Å². The van der Waals surface area contributed by atoms with Gasteiger partial charge in [-0.2, -0.15) is 5.26 Å². The second-order valence-electron chi connectivity index (χ2n) is 5.77. The number of benzene rings is 2. The van der Waals surface area contributed by atoms with Crippen LogP contribution in [0.2, 0.25) is 0 Å². The van der Waals surface area contributed by atoms with Gasteiger partial charge in [0.05, 0.1) is 11.6 Å². The first kappa shape index (κ1) is 16.5. The summed E-state index contributed by atoms with van der Waals surface area (Å²) in [5.74, 6) is 0.643. The lowest BCUT2D eigenvalue weighted by molar-refractivity contribution is 0.204. The van der Waals surface area contributed by atoms with E-state index in [4.69, 9.17) is 5.26 Å². The molecule has 3 rings (SSSR count). The molecule has 1 fully saturated rings. The molecule has 0 atom stereocenters. The van der Waals surface area contributed by atoms with Crippen LogP contribution >= 0.6 is 12.4 Å². The molecule has 22 heavy (non-hydrogen) atoms. The van der Waals surface area contributed by atoms with Gasteiger partial charge in [0.1, 0.15) is 0 Å². The zero-order valence-corrected chi connectivity index (χ0v) is 13.4. The number of rotatable bonds is 3. The molecule has 1 aliphatic rings. The Labute approximate surface area is 138 Å². The van der Waals surface area contributed by atoms with Crippen LogP contribution in [-0.2, 0) is 6.54 Å². The van der Waals surface area contributed by atoms with Gasteiger partial charge < -0.3 is 0 Å². The number of nitriles is 1. The number of hydrogen-bond donors (Lipinski definition) is 0. The van der Waals surface area contributed by atoms with Crippen molar-refractivity contribution in [1.29, 1.82) is 5.26 Å². The van der Waals surface area contributed by atoms with Gasteiger partial charge in [-0.15, -0.1) is 12.4 Å². The van der Waals surface area contributed by atoms with E-state index >= 15 is 0 Å². The zero-order chi connectivity index (χ0) is 14.5. The van der Waals surface area contributed by atoms with Crippen molar-refractivity contribution in [3.05, 3.63) is 71.3 Å². The molecule has 1 aliphatic heterocycles. The molecule has 0 aromatic heterocycles. The van der Waals surface area contributed by atoms with Gasteiger partial charge in [0.25, 0.3) is 0 Å². The molecule has 2 aromatic rings. The van der Waals surface area contributed by atoms with Gasteiger partial charge in [0.2, 0.25) is 0 Å². The molecule has 3 heteroatoms. The minimum absolute atomic E-state index is 0. The highest BCUT2D eigenvalue weighted by Gasteiger charge is 2.20. The van der Waals surface area contributed by atoms with Crippen molar-refractivity contribution >= 4 is 12.4 Å². The molecule has 1 heterocycles. The standard InChI is InChI=1S/C19H20N2.ClH/c20-14-16-6-8-18(9-7-16)19-10-12-21(13-11-19)15-17-4-2-1-3-5-17;/h1-9,19H,10-13,15H2;1H. The second-order valence-corrected chi connectivity index (χ2v) is 5.77. The number of piperidine rings is 1. The maximum atomic E-state index is 8.86. The van der Waals surface area contributed by atoms with Gasteiger partial charge in [-0.1, -0.05) is 42.5 Å². The van der Waals surface area contributed by atoms with Crippen molar-refractivity contribution in [3.8, 4) is 6.07 Å². The fourth-order valence-corrected chi connectivity index (χ4v) is 3.10. The van der Waals surface area contributed by atoms with Gasteiger partial charge in [0.15, 0.2) is 0 Å². The van der Waals surface area contributed by atoms with Gasteiger partial charge in [-0.05, 0) is 55.1 Å². The zero-order valence-electron chi connectivity index (χ0n) is 12.6. The van der Waals surface area contributed by atoms with Crippen molar-refractivity contribution in [2.45, 2.75) is 25.3 Å². The van der Waals surface area contributed by atoms with E-state index in [0.29, 0.717) is 5.92 Å². The Kier molecular flexibility index (Phi) is 6.00. The number of halogens is 1. The fraction of sp³-hybridized carbons (Fsp3) is 0.316. The maximum Gasteiger partial charge on any atom is 0.0991 e. The summed E-state index contributed by atoms with van der Waals surface area (Å²) in [4.78, 5) is 2.54. The highest BCUT2D eigenvalue weighted by Crippen LogP contribution is 2.28. The van der Waals surface area contributed by atoms with E-state index in [1.54, 1.807) is 0 Å². The third-order valence-electron chi connectivity index (χ3n) is 4.35. The average molecular weight is 313 g/mol. The minimum atomic E-state index is 0. The lowest BCUT2D eigenvalue weighted by Crippen LogP contribution is -2.32. The number of hydrogen-bond acceptors (Lipinski definition) is 2. The van der Waals surface area contributed by atoms with Gasteiger partial charge in [0, 0.05) is 6.54 Å². The normalized spacial score (nSPS) is 15.8. The van der Waals surface area contributed by atoms with E-state index in [1.165, 1.54) is 24.0 Å². The molecule has 0 unspecified atom stereocenters. The molecule has 0 amide bonds. The molecule has 0 N–H and O–H groups in total. The summed E-state index contributed by atoms with van der Waals surface area (Å²) in [5.41, 5.74) is 3.53. The molecular formula is C19H21ClN2. The summed E-state index contributed by atoms with van der Waals surface area (Å²) in [6.07, 6.45) is 2.41. The smallest absolute Gasteiger partial charge is 0.0991 e. The van der Waals surface area contributed by atoms with Crippen LogP contribution < -0.4 is 0 Å². The van der Waals surface area contributed by atoms with Crippen LogP contribution in [0.15, 0.2) is 54.6 Å². The fourth-order valence-electron chi connectivity index (χ4n) is 3.10. The SMILES string of the molecule is Cl.N#Cc1ccc(C2CCN(Cc3ccccc3)CC2)cc1. The average Bonchev–Trinajstić information content (AvgIpc) is 2.57. The Hall–Kier alpha value is -1.82. The molecule has 0 bridgehead atoms. The molecule has 0 spiro atoms. The first-order chi connectivity index (χ1) is 10.3. The number of likely N-dealkylation sites (tertiary alicyclic amines) is 1. The van der Waals surface area contributed by atoms with Crippen LogP contribution in [0.5, 0.6) is 0 Å². The van der Waals surface area contributed by atoms with E-state index in [1.807, 2.05) is 12.1 Å². The molecule has 0 aliphatic carbocycles. The third-order valence-corrected chi connectivity index (χ3v) is 4.35. The highest BCUT2D eigenvalue weighted by molar-refractivity contribution is 5.85. The predicted molar refractivity (Wildman–Crippen MR) is 92.1 cm³/mol. The molecule has 114 valence electrons. The van der Waals surface area contributed by atoms with Gasteiger partial charge in [-0.25, -0.2) is 0 Å². The van der Waals surface area contributed by atoms with E-state index in [2.05, 4.69) is 53.4 Å². The van der Waals surface area contributed by atoms with Crippen LogP contribution in [0.3, 0.4) is 0 Å². The Bertz CT molecular complexity index is 608. The van der Waals surface area contributed by atoms with Crippen molar-refractivity contribution in [1.82, 2.24) is 4.90 Å². The Morgan fingerprint density at radius 1 is 0.955 bits per heavy atom. The molecule has 1 saturated heterocycles. The third kappa shape index (κ3) is 4.10. The van der Waals surface area contributed by atoms with Gasteiger partial charge >= 0.3 is 0 Å². The highest BCUT2D eigenvalue weighted by atomic mass is 35.5. The predicted octanol–water partition coefficient (Wildman–Crippen LogP) is 4.36. The van der Waals surface area contributed by atoms with Crippen LogP contribution in [0, 0.1) is 11.3 Å². The summed E-state index contributed by atoms with van der Waals surface area (Å²) >= 11 is 0.